The highest BCUT2D eigenvalue weighted by molar-refractivity contribution is 5.14. The molecular formula is C9H15N. The van der Waals surface area contributed by atoms with E-state index in [4.69, 9.17) is 0 Å². The lowest BCUT2D eigenvalue weighted by Crippen LogP contribution is -2.00. The molecular weight excluding hydrogens is 122 g/mol. The van der Waals surface area contributed by atoms with Gasteiger partial charge in [-0.25, -0.2) is 0 Å². The summed E-state index contributed by atoms with van der Waals surface area (Å²) in [6.45, 7) is 7.64. The molecule has 0 aliphatic rings. The van der Waals surface area contributed by atoms with Crippen LogP contribution in [-0.2, 0) is 13.0 Å². The van der Waals surface area contributed by atoms with Crippen LogP contribution in [0.5, 0.6) is 0 Å². The highest BCUT2D eigenvalue weighted by Crippen LogP contribution is 2.07. The summed E-state index contributed by atoms with van der Waals surface area (Å²) in [6, 6.07) is 4.39. The highest BCUT2D eigenvalue weighted by atomic mass is 15.0. The van der Waals surface area contributed by atoms with Crippen LogP contribution in [0.15, 0.2) is 12.1 Å². The summed E-state index contributed by atoms with van der Waals surface area (Å²) in [7, 11) is 0. The van der Waals surface area contributed by atoms with E-state index in [0.29, 0.717) is 0 Å². The first-order valence-corrected chi connectivity index (χ1v) is 3.94. The molecule has 0 aliphatic carbocycles. The Kier molecular flexibility index (Phi) is 2.15. The van der Waals surface area contributed by atoms with Gasteiger partial charge in [0.25, 0.3) is 0 Å². The van der Waals surface area contributed by atoms with Crippen molar-refractivity contribution in [3.05, 3.63) is 23.5 Å². The van der Waals surface area contributed by atoms with E-state index >= 15 is 0 Å². The van der Waals surface area contributed by atoms with Crippen LogP contribution in [0.3, 0.4) is 0 Å². The molecule has 0 unspecified atom stereocenters. The van der Waals surface area contributed by atoms with Crippen LogP contribution in [0.25, 0.3) is 0 Å². The molecule has 0 N–H and O–H groups in total. The summed E-state index contributed by atoms with van der Waals surface area (Å²) in [5.41, 5.74) is 2.82. The van der Waals surface area contributed by atoms with E-state index in [2.05, 4.69) is 37.5 Å². The zero-order valence-corrected chi connectivity index (χ0v) is 7.02. The van der Waals surface area contributed by atoms with Crippen molar-refractivity contribution in [3.8, 4) is 0 Å². The number of hydrogen-bond donors (Lipinski definition) is 0. The number of rotatable bonds is 2. The summed E-state index contributed by atoms with van der Waals surface area (Å²) in [5.74, 6) is 0. The summed E-state index contributed by atoms with van der Waals surface area (Å²) >= 11 is 0. The lowest BCUT2D eigenvalue weighted by atomic mass is 10.3. The third-order valence-corrected chi connectivity index (χ3v) is 1.97. The predicted molar refractivity (Wildman–Crippen MR) is 44.2 cm³/mol. The topological polar surface area (TPSA) is 4.93 Å². The van der Waals surface area contributed by atoms with Gasteiger partial charge in [0.2, 0.25) is 0 Å². The molecule has 56 valence electrons. The third kappa shape index (κ3) is 1.08. The smallest absolute Gasteiger partial charge is 0.0196 e. The highest BCUT2D eigenvalue weighted by Gasteiger charge is 1.98. The predicted octanol–water partition coefficient (Wildman–Crippen LogP) is 2.38. The van der Waals surface area contributed by atoms with Gasteiger partial charge in [0.15, 0.2) is 0 Å². The summed E-state index contributed by atoms with van der Waals surface area (Å²) in [5, 5.41) is 0. The van der Waals surface area contributed by atoms with Gasteiger partial charge in [-0.05, 0) is 32.4 Å². The summed E-state index contributed by atoms with van der Waals surface area (Å²) in [4.78, 5) is 0. The largest absolute Gasteiger partial charge is 0.349 e. The third-order valence-electron chi connectivity index (χ3n) is 1.97. The van der Waals surface area contributed by atoms with Crippen molar-refractivity contribution in [1.29, 1.82) is 0 Å². The van der Waals surface area contributed by atoms with Crippen molar-refractivity contribution in [3.63, 3.8) is 0 Å². The van der Waals surface area contributed by atoms with Gasteiger partial charge in [0.05, 0.1) is 0 Å². The molecule has 0 saturated heterocycles. The van der Waals surface area contributed by atoms with Crippen LogP contribution in [0, 0.1) is 6.92 Å². The fraction of sp³-hybridized carbons (Fsp3) is 0.556. The van der Waals surface area contributed by atoms with Crippen LogP contribution in [0.2, 0.25) is 0 Å². The van der Waals surface area contributed by atoms with Crippen LogP contribution < -0.4 is 0 Å². The average molecular weight is 137 g/mol. The van der Waals surface area contributed by atoms with Crippen LogP contribution in [0.4, 0.5) is 0 Å². The van der Waals surface area contributed by atoms with E-state index in [1.54, 1.807) is 0 Å². The molecule has 1 heteroatoms. The Balaban J connectivity index is 3.01. The minimum atomic E-state index is 1.10. The number of aromatic nitrogens is 1. The second kappa shape index (κ2) is 2.91. The van der Waals surface area contributed by atoms with Gasteiger partial charge >= 0.3 is 0 Å². The molecule has 10 heavy (non-hydrogen) atoms. The van der Waals surface area contributed by atoms with Gasteiger partial charge in [0.1, 0.15) is 0 Å². The maximum absolute atomic E-state index is 2.35. The van der Waals surface area contributed by atoms with E-state index in [0.717, 1.165) is 13.0 Å². The van der Waals surface area contributed by atoms with Crippen molar-refractivity contribution in [2.24, 2.45) is 0 Å². The van der Waals surface area contributed by atoms with Gasteiger partial charge < -0.3 is 4.57 Å². The Morgan fingerprint density at radius 2 is 2.00 bits per heavy atom. The zero-order chi connectivity index (χ0) is 7.56. The van der Waals surface area contributed by atoms with Crippen molar-refractivity contribution in [2.45, 2.75) is 33.7 Å². The minimum absolute atomic E-state index is 1.10. The zero-order valence-electron chi connectivity index (χ0n) is 7.02. The molecule has 1 aromatic heterocycles. The fourth-order valence-corrected chi connectivity index (χ4v) is 1.38. The lowest BCUT2D eigenvalue weighted by Gasteiger charge is -2.05. The molecule has 1 aromatic rings. The monoisotopic (exact) mass is 137 g/mol. The van der Waals surface area contributed by atoms with E-state index < -0.39 is 0 Å². The average Bonchev–Trinajstić information content (AvgIpc) is 2.30. The molecule has 0 atom stereocenters. The van der Waals surface area contributed by atoms with E-state index in [1.165, 1.54) is 11.4 Å². The SMILES string of the molecule is CCc1ccc(C)n1CC. The van der Waals surface area contributed by atoms with Gasteiger partial charge in [-0.15, -0.1) is 0 Å². The Bertz CT molecular complexity index is 211. The lowest BCUT2D eigenvalue weighted by molar-refractivity contribution is 0.700. The first-order valence-electron chi connectivity index (χ1n) is 3.94. The molecule has 0 fully saturated rings. The molecule has 0 radical (unpaired) electrons. The Hall–Kier alpha value is -0.720. The Morgan fingerprint density at radius 3 is 2.40 bits per heavy atom. The number of hydrogen-bond acceptors (Lipinski definition) is 0. The normalized spacial score (nSPS) is 10.3. The number of aryl methyl sites for hydroxylation is 2. The Morgan fingerprint density at radius 1 is 1.30 bits per heavy atom. The van der Waals surface area contributed by atoms with Crippen LogP contribution in [0.1, 0.15) is 25.2 Å². The van der Waals surface area contributed by atoms with Crippen LogP contribution in [-0.4, -0.2) is 4.57 Å². The second-order valence-electron chi connectivity index (χ2n) is 2.56. The quantitative estimate of drug-likeness (QED) is 0.589. The van der Waals surface area contributed by atoms with Gasteiger partial charge in [-0.2, -0.15) is 0 Å². The summed E-state index contributed by atoms with van der Waals surface area (Å²) < 4.78 is 2.35. The molecule has 1 rings (SSSR count). The molecule has 0 spiro atoms. The van der Waals surface area contributed by atoms with Crippen molar-refractivity contribution < 1.29 is 0 Å². The van der Waals surface area contributed by atoms with E-state index in [9.17, 15) is 0 Å². The molecule has 0 aromatic carbocycles. The molecule has 1 heterocycles. The van der Waals surface area contributed by atoms with E-state index in [1.807, 2.05) is 0 Å². The van der Waals surface area contributed by atoms with Crippen molar-refractivity contribution in [1.82, 2.24) is 4.57 Å². The van der Waals surface area contributed by atoms with Crippen LogP contribution >= 0.6 is 0 Å². The molecule has 0 amide bonds. The minimum Gasteiger partial charge on any atom is -0.349 e. The van der Waals surface area contributed by atoms with E-state index in [-0.39, 0.29) is 0 Å². The van der Waals surface area contributed by atoms with Crippen molar-refractivity contribution >= 4 is 0 Å². The van der Waals surface area contributed by atoms with Crippen molar-refractivity contribution in [2.75, 3.05) is 0 Å². The standard InChI is InChI=1S/C9H15N/c1-4-9-7-6-8(3)10(9)5-2/h6-7H,4-5H2,1-3H3. The van der Waals surface area contributed by atoms with Gasteiger partial charge in [-0.3, -0.25) is 0 Å². The Labute approximate surface area is 62.7 Å². The molecule has 1 nitrogen and oxygen atoms in total. The van der Waals surface area contributed by atoms with Gasteiger partial charge in [0, 0.05) is 17.9 Å². The maximum atomic E-state index is 2.35. The number of nitrogens with zero attached hydrogens (tertiary/aromatic N) is 1. The second-order valence-corrected chi connectivity index (χ2v) is 2.56. The summed E-state index contributed by atoms with van der Waals surface area (Å²) in [6.07, 6.45) is 1.14. The molecule has 0 saturated carbocycles. The maximum Gasteiger partial charge on any atom is 0.0196 e. The van der Waals surface area contributed by atoms with Gasteiger partial charge in [-0.1, -0.05) is 6.92 Å². The first kappa shape index (κ1) is 7.39. The fourth-order valence-electron chi connectivity index (χ4n) is 1.38. The molecule has 0 aliphatic heterocycles. The molecule has 0 bridgehead atoms. The first-order chi connectivity index (χ1) is 4.79.